The van der Waals surface area contributed by atoms with Gasteiger partial charge in [0, 0.05) is 25.2 Å². The molecule has 0 unspecified atom stereocenters. The molecule has 0 radical (unpaired) electrons. The second-order valence-electron chi connectivity index (χ2n) is 2.28. The Morgan fingerprint density at radius 1 is 1.82 bits per heavy atom. The van der Waals surface area contributed by atoms with Gasteiger partial charge in [-0.25, -0.2) is 14.0 Å². The minimum absolute atomic E-state index is 0.317. The normalized spacial score (nSPS) is 16.2. The third kappa shape index (κ3) is 1.42. The number of aromatic nitrogens is 2. The van der Waals surface area contributed by atoms with Gasteiger partial charge in [0.1, 0.15) is 9.73 Å². The molecule has 0 aliphatic carbocycles. The van der Waals surface area contributed by atoms with Crippen molar-refractivity contribution in [3.05, 3.63) is 12.4 Å². The first-order valence-corrected chi connectivity index (χ1v) is 5.04. The quantitative estimate of drug-likeness (QED) is 0.720. The average molecular weight is 173 g/mol. The Morgan fingerprint density at radius 3 is 2.82 bits per heavy atom. The molecule has 62 valence electrons. The molecule has 0 spiro atoms. The third-order valence-corrected chi connectivity index (χ3v) is 3.27. The lowest BCUT2D eigenvalue weighted by Gasteiger charge is -2.02. The van der Waals surface area contributed by atoms with Crippen LogP contribution in [0, 0.1) is 4.78 Å². The zero-order chi connectivity index (χ0) is 8.48. The summed E-state index contributed by atoms with van der Waals surface area (Å²) in [7, 11) is -0.891. The van der Waals surface area contributed by atoms with Gasteiger partial charge in [-0.2, -0.15) is 0 Å². The number of aryl methyl sites for hydroxylation is 1. The zero-order valence-corrected chi connectivity index (χ0v) is 7.39. The van der Waals surface area contributed by atoms with Crippen LogP contribution in [-0.2, 0) is 16.8 Å². The largest absolute Gasteiger partial charge is 0.326 e. The van der Waals surface area contributed by atoms with Gasteiger partial charge in [-0.1, -0.05) is 6.92 Å². The number of rotatable bonds is 2. The van der Waals surface area contributed by atoms with Crippen LogP contribution in [0.25, 0.3) is 0 Å². The van der Waals surface area contributed by atoms with Crippen LogP contribution in [0.2, 0.25) is 0 Å². The van der Waals surface area contributed by atoms with Gasteiger partial charge >= 0.3 is 0 Å². The van der Waals surface area contributed by atoms with Gasteiger partial charge in [-0.15, -0.1) is 0 Å². The average Bonchev–Trinajstić information content (AvgIpc) is 2.36. The van der Waals surface area contributed by atoms with Crippen molar-refractivity contribution >= 4 is 9.73 Å². The molecular weight excluding hydrogens is 162 g/mol. The Bertz CT molecular complexity index is 338. The first kappa shape index (κ1) is 8.26. The lowest BCUT2D eigenvalue weighted by Crippen LogP contribution is -2.08. The first-order chi connectivity index (χ1) is 5.08. The molecule has 0 saturated carbocycles. The van der Waals surface area contributed by atoms with Gasteiger partial charge in [0.25, 0.3) is 0 Å². The van der Waals surface area contributed by atoms with Crippen molar-refractivity contribution in [2.75, 3.05) is 5.75 Å². The number of nitrogens with zero attached hydrogens (tertiary/aromatic N) is 2. The highest BCUT2D eigenvalue weighted by Gasteiger charge is 2.11. The molecule has 1 aromatic rings. The summed E-state index contributed by atoms with van der Waals surface area (Å²) in [5.41, 5.74) is 0. The van der Waals surface area contributed by atoms with Crippen LogP contribution < -0.4 is 0 Å². The second-order valence-corrected chi connectivity index (χ2v) is 4.58. The minimum Gasteiger partial charge on any atom is -0.326 e. The molecule has 0 aliphatic heterocycles. The van der Waals surface area contributed by atoms with Gasteiger partial charge in [0.05, 0.1) is 0 Å². The number of imidazole rings is 1. The molecule has 0 aromatic carbocycles. The maximum atomic E-state index is 11.4. The number of hydrogen-bond acceptors (Lipinski definition) is 3. The molecule has 0 bridgehead atoms. The third-order valence-electron chi connectivity index (χ3n) is 1.48. The molecule has 5 heteroatoms. The Morgan fingerprint density at radius 2 is 2.45 bits per heavy atom. The first-order valence-electron chi connectivity index (χ1n) is 3.31. The summed E-state index contributed by atoms with van der Waals surface area (Å²) >= 11 is 0. The predicted octanol–water partition coefficient (Wildman–Crippen LogP) is 0.846. The lowest BCUT2D eigenvalue weighted by molar-refractivity contribution is 0.656. The molecule has 0 aliphatic rings. The Hall–Kier alpha value is -0.840. The number of hydrogen-bond donors (Lipinski definition) is 1. The summed E-state index contributed by atoms with van der Waals surface area (Å²) in [6, 6.07) is 0. The van der Waals surface area contributed by atoms with Crippen LogP contribution in [0.15, 0.2) is 17.6 Å². The maximum Gasteiger partial charge on any atom is 0.207 e. The highest BCUT2D eigenvalue weighted by Crippen LogP contribution is 2.06. The van der Waals surface area contributed by atoms with E-state index in [0.29, 0.717) is 10.9 Å². The molecule has 1 aromatic heterocycles. The van der Waals surface area contributed by atoms with Crippen LogP contribution in [0.5, 0.6) is 0 Å². The fourth-order valence-electron chi connectivity index (χ4n) is 0.799. The highest BCUT2D eigenvalue weighted by molar-refractivity contribution is 7.92. The van der Waals surface area contributed by atoms with E-state index in [9.17, 15) is 4.21 Å². The van der Waals surface area contributed by atoms with Gasteiger partial charge in [-0.3, -0.25) is 0 Å². The summed E-state index contributed by atoms with van der Waals surface area (Å²) in [4.78, 5) is 3.86. The minimum atomic E-state index is -2.63. The van der Waals surface area contributed by atoms with E-state index in [1.807, 2.05) is 0 Å². The van der Waals surface area contributed by atoms with E-state index in [0.717, 1.165) is 0 Å². The van der Waals surface area contributed by atoms with Crippen molar-refractivity contribution < 1.29 is 4.21 Å². The van der Waals surface area contributed by atoms with Gasteiger partial charge < -0.3 is 4.57 Å². The Balaban J connectivity index is 3.22. The van der Waals surface area contributed by atoms with Crippen LogP contribution in [0.4, 0.5) is 0 Å². The molecular formula is C6H11N3OS. The zero-order valence-electron chi connectivity index (χ0n) is 6.57. The molecule has 1 N–H and O–H groups in total. The van der Waals surface area contributed by atoms with Gasteiger partial charge in [-0.05, 0) is 0 Å². The van der Waals surface area contributed by atoms with Crippen molar-refractivity contribution in [3.63, 3.8) is 0 Å². The van der Waals surface area contributed by atoms with Crippen LogP contribution >= 0.6 is 0 Å². The van der Waals surface area contributed by atoms with Crippen LogP contribution in [-0.4, -0.2) is 19.5 Å². The Kier molecular flexibility index (Phi) is 1.99. The molecule has 1 rings (SSSR count). The Labute approximate surface area is 66.2 Å². The SMILES string of the molecule is CC[S@](=N)(=O)c1nccn1C. The summed E-state index contributed by atoms with van der Waals surface area (Å²) in [6.45, 7) is 1.73. The van der Waals surface area contributed by atoms with Gasteiger partial charge in [0.2, 0.25) is 5.16 Å². The van der Waals surface area contributed by atoms with Crippen molar-refractivity contribution in [1.82, 2.24) is 9.55 Å². The van der Waals surface area contributed by atoms with E-state index in [4.69, 9.17) is 4.78 Å². The van der Waals surface area contributed by atoms with E-state index < -0.39 is 9.73 Å². The summed E-state index contributed by atoms with van der Waals surface area (Å²) in [5, 5.41) is 0.361. The fourth-order valence-corrected chi connectivity index (χ4v) is 1.81. The summed E-state index contributed by atoms with van der Waals surface area (Å²) in [6.07, 6.45) is 3.25. The fraction of sp³-hybridized carbons (Fsp3) is 0.500. The van der Waals surface area contributed by atoms with E-state index in [-0.39, 0.29) is 0 Å². The van der Waals surface area contributed by atoms with Crippen LogP contribution in [0.3, 0.4) is 0 Å². The monoisotopic (exact) mass is 173 g/mol. The predicted molar refractivity (Wildman–Crippen MR) is 42.9 cm³/mol. The molecule has 1 atom stereocenters. The van der Waals surface area contributed by atoms with E-state index >= 15 is 0 Å². The van der Waals surface area contributed by atoms with Gasteiger partial charge in [0.15, 0.2) is 0 Å². The van der Waals surface area contributed by atoms with E-state index in [1.165, 1.54) is 0 Å². The standard InChI is InChI=1S/C6H11N3OS/c1-3-11(7,10)6-8-4-5-9(6)2/h4-5,7H,3H2,1-2H3/t11-/m0/s1. The maximum absolute atomic E-state index is 11.4. The van der Waals surface area contributed by atoms with Crippen molar-refractivity contribution in [2.24, 2.45) is 7.05 Å². The molecule has 0 fully saturated rings. The van der Waals surface area contributed by atoms with E-state index in [2.05, 4.69) is 4.98 Å². The molecule has 11 heavy (non-hydrogen) atoms. The summed E-state index contributed by atoms with van der Waals surface area (Å²) < 4.78 is 20.5. The molecule has 4 nitrogen and oxygen atoms in total. The lowest BCUT2D eigenvalue weighted by atomic mass is 10.9. The summed E-state index contributed by atoms with van der Waals surface area (Å²) in [5.74, 6) is 0.317. The van der Waals surface area contributed by atoms with Crippen LogP contribution in [0.1, 0.15) is 6.92 Å². The smallest absolute Gasteiger partial charge is 0.207 e. The van der Waals surface area contributed by atoms with Crippen molar-refractivity contribution in [1.29, 1.82) is 4.78 Å². The van der Waals surface area contributed by atoms with Crippen molar-refractivity contribution in [3.8, 4) is 0 Å². The molecule has 1 heterocycles. The number of nitrogens with one attached hydrogen (secondary N) is 1. The highest BCUT2D eigenvalue weighted by atomic mass is 32.2. The molecule has 0 amide bonds. The van der Waals surface area contributed by atoms with E-state index in [1.54, 1.807) is 30.9 Å². The topological polar surface area (TPSA) is 58.7 Å². The second kappa shape index (κ2) is 2.65. The molecule has 0 saturated heterocycles. The van der Waals surface area contributed by atoms with Crippen molar-refractivity contribution in [2.45, 2.75) is 12.1 Å².